The third-order valence-electron chi connectivity index (χ3n) is 6.40. The number of para-hydroxylation sites is 1. The number of carbonyl (C=O) groups excluding carboxylic acids is 1. The molecule has 3 aromatic rings. The Kier molecular flexibility index (Phi) is 6.61. The molecule has 1 aromatic carbocycles. The maximum Gasteiger partial charge on any atom is 0.343 e. The number of esters is 1. The van der Waals surface area contributed by atoms with E-state index in [0.29, 0.717) is 23.4 Å². The first-order valence-corrected chi connectivity index (χ1v) is 11.3. The number of ether oxygens (including phenoxy) is 1. The molecule has 11 nitrogen and oxygen atoms in total. The lowest BCUT2D eigenvalue weighted by Crippen LogP contribution is -2.44. The van der Waals surface area contributed by atoms with Gasteiger partial charge in [0, 0.05) is 22.9 Å². The number of pyridine rings is 2. The predicted octanol–water partition coefficient (Wildman–Crippen LogP) is 1.34. The van der Waals surface area contributed by atoms with E-state index in [1.165, 1.54) is 0 Å². The summed E-state index contributed by atoms with van der Waals surface area (Å²) in [7, 11) is 0. The molecule has 1 unspecified atom stereocenters. The van der Waals surface area contributed by atoms with Crippen LogP contribution in [0.2, 0.25) is 0 Å². The minimum absolute atomic E-state index is 0.0231. The first kappa shape index (κ1) is 25.0. The Bertz CT molecular complexity index is 1450. The minimum Gasteiger partial charge on any atom is -0.481 e. The highest BCUT2D eigenvalue weighted by Gasteiger charge is 2.45. The maximum atomic E-state index is 13.0. The Balaban J connectivity index is 0.000000261. The van der Waals surface area contributed by atoms with Gasteiger partial charge in [0.25, 0.3) is 5.56 Å². The Labute approximate surface area is 204 Å². The Morgan fingerprint density at radius 3 is 2.61 bits per heavy atom. The van der Waals surface area contributed by atoms with Gasteiger partial charge in [0.2, 0.25) is 0 Å². The molecule has 0 amide bonds. The van der Waals surface area contributed by atoms with E-state index >= 15 is 0 Å². The van der Waals surface area contributed by atoms with Crippen LogP contribution in [0.3, 0.4) is 0 Å². The number of nitrogens with zero attached hydrogens (tertiary/aromatic N) is 2. The third-order valence-corrected chi connectivity index (χ3v) is 6.40. The van der Waals surface area contributed by atoms with Gasteiger partial charge in [0.05, 0.1) is 29.0 Å². The molecule has 11 heteroatoms. The van der Waals surface area contributed by atoms with E-state index in [2.05, 4.69) is 0 Å². The fourth-order valence-corrected chi connectivity index (χ4v) is 4.33. The number of carboxylic acids is 2. The van der Waals surface area contributed by atoms with Gasteiger partial charge >= 0.3 is 17.9 Å². The van der Waals surface area contributed by atoms with Gasteiger partial charge in [-0.1, -0.05) is 25.1 Å². The fraction of sp³-hybridized carbons (Fsp3) is 0.320. The van der Waals surface area contributed by atoms with Crippen LogP contribution in [0.5, 0.6) is 0 Å². The molecule has 4 heterocycles. The number of hydrogen-bond acceptors (Lipinski definition) is 8. The minimum atomic E-state index is -1.79. The average Bonchev–Trinajstić information content (AvgIpc) is 3.21. The molecule has 0 spiro atoms. The number of carbonyl (C=O) groups is 3. The van der Waals surface area contributed by atoms with Crippen LogP contribution < -0.4 is 11.3 Å². The molecule has 2 aliphatic rings. The number of aliphatic hydroxyl groups is 1. The molecule has 2 aromatic heterocycles. The van der Waals surface area contributed by atoms with E-state index in [-0.39, 0.29) is 31.4 Å². The van der Waals surface area contributed by atoms with Gasteiger partial charge in [-0.05, 0) is 31.0 Å². The van der Waals surface area contributed by atoms with E-state index in [4.69, 9.17) is 25.7 Å². The average molecular weight is 495 g/mol. The van der Waals surface area contributed by atoms with Gasteiger partial charge in [-0.3, -0.25) is 14.4 Å². The number of nitrogens with two attached hydrogens (primary N) is 1. The number of carboxylic acid groups (broad SMARTS) is 2. The first-order chi connectivity index (χ1) is 17.1. The van der Waals surface area contributed by atoms with Crippen molar-refractivity contribution < 1.29 is 34.4 Å². The van der Waals surface area contributed by atoms with Crippen molar-refractivity contribution in [3.63, 3.8) is 0 Å². The lowest BCUT2D eigenvalue weighted by molar-refractivity contribution is -0.172. The number of aliphatic carboxylic acids is 2. The highest BCUT2D eigenvalue weighted by Crippen LogP contribution is 2.38. The number of aromatic nitrogens is 2. The zero-order valence-electron chi connectivity index (χ0n) is 19.4. The van der Waals surface area contributed by atoms with Crippen molar-refractivity contribution in [1.29, 1.82) is 0 Å². The summed E-state index contributed by atoms with van der Waals surface area (Å²) in [4.78, 5) is 49.7. The summed E-state index contributed by atoms with van der Waals surface area (Å²) >= 11 is 0. The van der Waals surface area contributed by atoms with Gasteiger partial charge in [0.1, 0.15) is 12.6 Å². The van der Waals surface area contributed by atoms with Crippen molar-refractivity contribution in [2.24, 2.45) is 5.73 Å². The van der Waals surface area contributed by atoms with E-state index < -0.39 is 29.6 Å². The molecule has 36 heavy (non-hydrogen) atoms. The summed E-state index contributed by atoms with van der Waals surface area (Å²) in [5.74, 6) is -2.90. The molecular weight excluding hydrogens is 470 g/mol. The van der Waals surface area contributed by atoms with E-state index in [1.807, 2.05) is 30.3 Å². The normalized spacial score (nSPS) is 18.2. The monoisotopic (exact) mass is 495 g/mol. The topological polar surface area (TPSA) is 182 Å². The van der Waals surface area contributed by atoms with Crippen LogP contribution in [-0.2, 0) is 37.9 Å². The van der Waals surface area contributed by atoms with Crippen LogP contribution in [0, 0.1) is 0 Å². The van der Waals surface area contributed by atoms with E-state index in [1.54, 1.807) is 17.6 Å². The van der Waals surface area contributed by atoms with Crippen LogP contribution >= 0.6 is 0 Å². The van der Waals surface area contributed by atoms with E-state index in [9.17, 15) is 24.3 Å². The first-order valence-electron chi connectivity index (χ1n) is 11.3. The highest BCUT2D eigenvalue weighted by molar-refractivity contribution is 5.86. The molecule has 0 radical (unpaired) electrons. The van der Waals surface area contributed by atoms with Crippen molar-refractivity contribution in [1.82, 2.24) is 9.55 Å². The molecule has 2 atom stereocenters. The smallest absolute Gasteiger partial charge is 0.343 e. The quantitative estimate of drug-likeness (QED) is 0.295. The predicted molar refractivity (Wildman–Crippen MR) is 127 cm³/mol. The van der Waals surface area contributed by atoms with Gasteiger partial charge in [-0.2, -0.15) is 0 Å². The summed E-state index contributed by atoms with van der Waals surface area (Å²) < 4.78 is 6.72. The highest BCUT2D eigenvalue weighted by atomic mass is 16.6. The standard InChI is InChI=1S/C20H16N2O4.C5H9NO4/c1-2-20(25)14-8-16-17-12(7-11-5-3-4-6-15(11)21-17)9-22(16)18(23)13(14)10-26-19(20)24;6-3(5(9)10)1-2-4(7)8/h3-8,25H,2,9-10H2,1H3;3H,1-2,6H2,(H,7,8)(H,9,10)/t20-;/m0./s1. The van der Waals surface area contributed by atoms with Crippen LogP contribution in [0.4, 0.5) is 0 Å². The molecule has 188 valence electrons. The number of cyclic esters (lactones) is 1. The van der Waals surface area contributed by atoms with Gasteiger partial charge in [-0.25, -0.2) is 9.78 Å². The third kappa shape index (κ3) is 4.34. The number of benzene rings is 1. The second-order valence-corrected chi connectivity index (χ2v) is 8.67. The summed E-state index contributed by atoms with van der Waals surface area (Å²) in [6.45, 7) is 2.01. The summed E-state index contributed by atoms with van der Waals surface area (Å²) in [5, 5.41) is 28.1. The molecule has 0 saturated carbocycles. The van der Waals surface area contributed by atoms with Crippen molar-refractivity contribution in [2.45, 2.75) is 51.0 Å². The van der Waals surface area contributed by atoms with Crippen LogP contribution in [0.1, 0.15) is 42.9 Å². The lowest BCUT2D eigenvalue weighted by atomic mass is 9.86. The number of rotatable bonds is 5. The Morgan fingerprint density at radius 2 is 1.94 bits per heavy atom. The summed E-state index contributed by atoms with van der Waals surface area (Å²) in [6, 6.07) is 10.5. The van der Waals surface area contributed by atoms with Gasteiger partial charge in [-0.15, -0.1) is 0 Å². The SMILES string of the molecule is CC[C@@]1(O)C(=O)OCc2c1cc1n(c2=O)Cc2cc3ccccc3nc2-1.NC(CCC(=O)O)C(=O)O. The van der Waals surface area contributed by atoms with Crippen molar-refractivity contribution in [3.8, 4) is 11.4 Å². The zero-order chi connectivity index (χ0) is 26.2. The van der Waals surface area contributed by atoms with Crippen LogP contribution in [0.15, 0.2) is 41.2 Å². The zero-order valence-corrected chi connectivity index (χ0v) is 19.4. The second-order valence-electron chi connectivity index (χ2n) is 8.67. The van der Waals surface area contributed by atoms with Crippen molar-refractivity contribution in [2.75, 3.05) is 0 Å². The second kappa shape index (κ2) is 9.51. The van der Waals surface area contributed by atoms with Crippen LogP contribution in [-0.4, -0.2) is 48.8 Å². The summed E-state index contributed by atoms with van der Waals surface area (Å²) in [6.07, 6.45) is -0.0855. The van der Waals surface area contributed by atoms with Gasteiger partial charge in [0.15, 0.2) is 5.60 Å². The van der Waals surface area contributed by atoms with Crippen molar-refractivity contribution >= 4 is 28.8 Å². The fourth-order valence-electron chi connectivity index (χ4n) is 4.33. The van der Waals surface area contributed by atoms with E-state index in [0.717, 1.165) is 22.2 Å². The molecular formula is C25H25N3O8. The van der Waals surface area contributed by atoms with Crippen LogP contribution in [0.25, 0.3) is 22.3 Å². The number of hydrogen-bond donors (Lipinski definition) is 4. The Hall–Kier alpha value is -4.09. The molecule has 5 N–H and O–H groups in total. The Morgan fingerprint density at radius 1 is 1.22 bits per heavy atom. The molecule has 0 bridgehead atoms. The molecule has 0 fully saturated rings. The lowest BCUT2D eigenvalue weighted by Gasteiger charge is -2.31. The largest absolute Gasteiger partial charge is 0.481 e. The summed E-state index contributed by atoms with van der Waals surface area (Å²) in [5.41, 5.74) is 6.82. The number of fused-ring (bicyclic) bond motifs is 5. The molecule has 0 saturated heterocycles. The maximum absolute atomic E-state index is 13.0. The van der Waals surface area contributed by atoms with Gasteiger partial charge < -0.3 is 30.4 Å². The van der Waals surface area contributed by atoms with Crippen molar-refractivity contribution in [3.05, 3.63) is 63.4 Å². The molecule has 0 aliphatic carbocycles. The molecule has 5 rings (SSSR count). The molecule has 2 aliphatic heterocycles.